The summed E-state index contributed by atoms with van der Waals surface area (Å²) >= 11 is 0. The van der Waals surface area contributed by atoms with Gasteiger partial charge in [0.25, 0.3) is 0 Å². The summed E-state index contributed by atoms with van der Waals surface area (Å²) in [6.45, 7) is 9.21. The van der Waals surface area contributed by atoms with Gasteiger partial charge in [-0.1, -0.05) is 88.4 Å². The van der Waals surface area contributed by atoms with Crippen LogP contribution in [-0.2, 0) is 18.3 Å². The van der Waals surface area contributed by atoms with Crippen LogP contribution in [0.2, 0.25) is 0 Å². The Hall–Kier alpha value is -2.34. The maximum absolute atomic E-state index is 2.51. The second kappa shape index (κ2) is 5.83. The molecule has 0 heterocycles. The van der Waals surface area contributed by atoms with Gasteiger partial charge in [0.05, 0.1) is 0 Å². The van der Waals surface area contributed by atoms with Crippen molar-refractivity contribution in [1.82, 2.24) is 0 Å². The molecule has 0 heteroatoms. The van der Waals surface area contributed by atoms with Crippen molar-refractivity contribution in [3.63, 3.8) is 0 Å². The number of hydrogen-bond donors (Lipinski definition) is 0. The largest absolute Gasteiger partial charge is 0.0620 e. The van der Waals surface area contributed by atoms with E-state index >= 15 is 0 Å². The quantitative estimate of drug-likeness (QED) is 0.466. The molecule has 5 rings (SSSR count). The first-order chi connectivity index (χ1) is 13.0. The second-order valence-electron chi connectivity index (χ2n) is 9.12. The molecule has 0 saturated heterocycles. The SMILES string of the molecule is CC(C)c1ccc2c(c1)C1(Cc3ccccc3C1)c1cc(C(C)C)ccc1-2. The van der Waals surface area contributed by atoms with Crippen molar-refractivity contribution >= 4 is 0 Å². The molecule has 0 nitrogen and oxygen atoms in total. The summed E-state index contributed by atoms with van der Waals surface area (Å²) in [7, 11) is 0. The summed E-state index contributed by atoms with van der Waals surface area (Å²) in [5, 5.41) is 0. The minimum atomic E-state index is 0.115. The Labute approximate surface area is 163 Å². The first kappa shape index (κ1) is 16.8. The van der Waals surface area contributed by atoms with Crippen LogP contribution in [0.1, 0.15) is 72.9 Å². The molecule has 0 atom stereocenters. The van der Waals surface area contributed by atoms with Crippen LogP contribution in [0.25, 0.3) is 11.1 Å². The Bertz CT molecular complexity index is 951. The lowest BCUT2D eigenvalue weighted by Gasteiger charge is -2.28. The smallest absolute Gasteiger partial charge is 0.0296 e. The van der Waals surface area contributed by atoms with Gasteiger partial charge in [-0.2, -0.15) is 0 Å². The highest BCUT2D eigenvalue weighted by atomic mass is 14.5. The Kier molecular flexibility index (Phi) is 3.63. The highest BCUT2D eigenvalue weighted by Gasteiger charge is 2.47. The second-order valence-corrected chi connectivity index (χ2v) is 9.12. The number of fused-ring (bicyclic) bond motifs is 6. The molecule has 0 aromatic heterocycles. The lowest BCUT2D eigenvalue weighted by Crippen LogP contribution is -2.26. The van der Waals surface area contributed by atoms with Crippen molar-refractivity contribution < 1.29 is 0 Å². The molecule has 2 aliphatic carbocycles. The lowest BCUT2D eigenvalue weighted by molar-refractivity contribution is 0.561. The van der Waals surface area contributed by atoms with E-state index in [0.29, 0.717) is 11.8 Å². The molecule has 0 unspecified atom stereocenters. The van der Waals surface area contributed by atoms with Gasteiger partial charge in [0.15, 0.2) is 0 Å². The number of benzene rings is 3. The van der Waals surface area contributed by atoms with E-state index in [2.05, 4.69) is 88.4 Å². The topological polar surface area (TPSA) is 0 Å². The van der Waals surface area contributed by atoms with Crippen LogP contribution in [-0.4, -0.2) is 0 Å². The summed E-state index contributed by atoms with van der Waals surface area (Å²) in [5.74, 6) is 1.12. The first-order valence-electron chi connectivity index (χ1n) is 10.4. The van der Waals surface area contributed by atoms with E-state index in [4.69, 9.17) is 0 Å². The molecule has 0 bridgehead atoms. The molecular weight excluding hydrogens is 324 g/mol. The first-order valence-corrected chi connectivity index (χ1v) is 10.4. The summed E-state index contributed by atoms with van der Waals surface area (Å²) < 4.78 is 0. The fourth-order valence-electron chi connectivity index (χ4n) is 5.24. The zero-order chi connectivity index (χ0) is 18.8. The van der Waals surface area contributed by atoms with Gasteiger partial charge in [-0.25, -0.2) is 0 Å². The Morgan fingerprint density at radius 3 is 1.48 bits per heavy atom. The highest BCUT2D eigenvalue weighted by Crippen LogP contribution is 2.56. The zero-order valence-electron chi connectivity index (χ0n) is 16.8. The Morgan fingerprint density at radius 2 is 1.07 bits per heavy atom. The van der Waals surface area contributed by atoms with Crippen molar-refractivity contribution in [1.29, 1.82) is 0 Å². The van der Waals surface area contributed by atoms with Crippen LogP contribution >= 0.6 is 0 Å². The van der Waals surface area contributed by atoms with Gasteiger partial charge in [-0.05, 0) is 69.2 Å². The van der Waals surface area contributed by atoms with E-state index in [0.717, 1.165) is 12.8 Å². The van der Waals surface area contributed by atoms with Gasteiger partial charge < -0.3 is 0 Å². The molecule has 136 valence electrons. The highest BCUT2D eigenvalue weighted by molar-refractivity contribution is 5.83. The minimum absolute atomic E-state index is 0.115. The molecule has 0 saturated carbocycles. The maximum Gasteiger partial charge on any atom is 0.0296 e. The zero-order valence-corrected chi connectivity index (χ0v) is 16.8. The van der Waals surface area contributed by atoms with Crippen molar-refractivity contribution in [3.8, 4) is 11.1 Å². The fraction of sp³-hybridized carbons (Fsp3) is 0.333. The van der Waals surface area contributed by atoms with Crippen LogP contribution in [0.4, 0.5) is 0 Å². The van der Waals surface area contributed by atoms with Gasteiger partial charge in [0.2, 0.25) is 0 Å². The van der Waals surface area contributed by atoms with E-state index in [1.807, 2.05) is 0 Å². The van der Waals surface area contributed by atoms with Crippen molar-refractivity contribution in [2.24, 2.45) is 0 Å². The minimum Gasteiger partial charge on any atom is -0.0620 e. The average Bonchev–Trinajstić information content (AvgIpc) is 3.18. The summed E-state index contributed by atoms with van der Waals surface area (Å²) in [5.41, 5.74) is 12.1. The summed E-state index contributed by atoms with van der Waals surface area (Å²) in [4.78, 5) is 0. The standard InChI is InChI=1S/C27H28/c1-17(2)19-9-11-23-24-12-10-20(18(3)4)14-26(24)27(25(23)13-19)15-21-7-5-6-8-22(21)16-27/h5-14,17-18H,15-16H2,1-4H3. The summed E-state index contributed by atoms with van der Waals surface area (Å²) in [6, 6.07) is 23.5. The van der Waals surface area contributed by atoms with Crippen LogP contribution in [0, 0.1) is 0 Å². The third-order valence-electron chi connectivity index (χ3n) is 6.84. The molecule has 1 spiro atoms. The molecule has 0 radical (unpaired) electrons. The van der Waals surface area contributed by atoms with E-state index in [1.54, 1.807) is 11.1 Å². The Morgan fingerprint density at radius 1 is 0.630 bits per heavy atom. The molecule has 27 heavy (non-hydrogen) atoms. The predicted molar refractivity (Wildman–Crippen MR) is 115 cm³/mol. The molecule has 0 amide bonds. The van der Waals surface area contributed by atoms with E-state index in [1.165, 1.54) is 33.4 Å². The normalized spacial score (nSPS) is 16.1. The number of hydrogen-bond acceptors (Lipinski definition) is 0. The molecule has 2 aliphatic rings. The molecular formula is C27H28. The fourth-order valence-corrected chi connectivity index (χ4v) is 5.24. The Balaban J connectivity index is 1.78. The van der Waals surface area contributed by atoms with E-state index < -0.39 is 0 Å². The van der Waals surface area contributed by atoms with Crippen molar-refractivity contribution in [3.05, 3.63) is 94.0 Å². The average molecular weight is 353 g/mol. The van der Waals surface area contributed by atoms with Gasteiger partial charge in [-0.15, -0.1) is 0 Å². The van der Waals surface area contributed by atoms with Crippen LogP contribution < -0.4 is 0 Å². The third kappa shape index (κ3) is 2.35. The summed E-state index contributed by atoms with van der Waals surface area (Å²) in [6.07, 6.45) is 2.26. The van der Waals surface area contributed by atoms with Crippen LogP contribution in [0.15, 0.2) is 60.7 Å². The van der Waals surface area contributed by atoms with Gasteiger partial charge >= 0.3 is 0 Å². The van der Waals surface area contributed by atoms with Gasteiger partial charge in [-0.3, -0.25) is 0 Å². The van der Waals surface area contributed by atoms with Crippen molar-refractivity contribution in [2.75, 3.05) is 0 Å². The molecule has 3 aromatic carbocycles. The molecule has 0 fully saturated rings. The molecule has 0 N–H and O–H groups in total. The van der Waals surface area contributed by atoms with Crippen LogP contribution in [0.5, 0.6) is 0 Å². The monoisotopic (exact) mass is 352 g/mol. The molecule has 3 aromatic rings. The van der Waals surface area contributed by atoms with Gasteiger partial charge in [0.1, 0.15) is 0 Å². The third-order valence-corrected chi connectivity index (χ3v) is 6.84. The molecule has 0 aliphatic heterocycles. The van der Waals surface area contributed by atoms with E-state index in [-0.39, 0.29) is 5.41 Å². The number of rotatable bonds is 2. The predicted octanol–water partition coefficient (Wildman–Crippen LogP) is 7.00. The van der Waals surface area contributed by atoms with Crippen molar-refractivity contribution in [2.45, 2.75) is 57.8 Å². The van der Waals surface area contributed by atoms with Crippen LogP contribution in [0.3, 0.4) is 0 Å². The van der Waals surface area contributed by atoms with Gasteiger partial charge in [0, 0.05) is 5.41 Å². The van der Waals surface area contributed by atoms with E-state index in [9.17, 15) is 0 Å². The maximum atomic E-state index is 2.51. The lowest BCUT2D eigenvalue weighted by atomic mass is 9.74.